The molecular weight excluding hydrogens is 572 g/mol. The quantitative estimate of drug-likeness (QED) is 0.0820. The normalized spacial score (nSPS) is 9.57. The van der Waals surface area contributed by atoms with Crippen LogP contribution in [0.5, 0.6) is 0 Å². The molecule has 0 saturated carbocycles. The van der Waals surface area contributed by atoms with Gasteiger partial charge in [0.2, 0.25) is 0 Å². The van der Waals surface area contributed by atoms with E-state index in [1.54, 1.807) is 39.8 Å². The number of benzene rings is 4. The van der Waals surface area contributed by atoms with Crippen molar-refractivity contribution >= 4 is 68.3 Å². The van der Waals surface area contributed by atoms with Crippen LogP contribution in [0, 0.1) is 10.8 Å². The van der Waals surface area contributed by atoms with E-state index in [0.29, 0.717) is 45.5 Å². The molecule has 0 heterocycles. The van der Waals surface area contributed by atoms with Gasteiger partial charge in [0.1, 0.15) is 0 Å². The Balaban J connectivity index is 0.000000384. The van der Waals surface area contributed by atoms with Crippen molar-refractivity contribution in [2.75, 3.05) is 34.4 Å². The Morgan fingerprint density at radius 2 is 0.630 bits per heavy atom. The minimum Gasteiger partial charge on any atom is -0.397 e. The second kappa shape index (κ2) is 18.2. The molecule has 0 amide bonds. The molecule has 4 rings (SSSR count). The molecular formula is C36H50N10. The summed E-state index contributed by atoms with van der Waals surface area (Å²) >= 11 is 0. The van der Waals surface area contributed by atoms with E-state index in [0.717, 1.165) is 45.1 Å². The highest BCUT2D eigenvalue weighted by atomic mass is 14.8. The van der Waals surface area contributed by atoms with Crippen LogP contribution < -0.4 is 34.4 Å². The topological polar surface area (TPSA) is 229 Å². The smallest absolute Gasteiger partial charge is 0.0858 e. The van der Waals surface area contributed by atoms with Crippen LogP contribution in [0.25, 0.3) is 22.3 Å². The zero-order chi connectivity index (χ0) is 35.1. The average Bonchev–Trinajstić information content (AvgIpc) is 2.93. The van der Waals surface area contributed by atoms with Crippen LogP contribution >= 0.6 is 0 Å². The van der Waals surface area contributed by atoms with Gasteiger partial charge in [0.25, 0.3) is 0 Å². The molecule has 0 aliphatic heterocycles. The molecule has 10 nitrogen and oxygen atoms in total. The number of hydrogen-bond acceptors (Lipinski definition) is 10. The minimum atomic E-state index is 0.563. The van der Waals surface area contributed by atoms with Gasteiger partial charge in [-0.05, 0) is 126 Å². The summed E-state index contributed by atoms with van der Waals surface area (Å²) < 4.78 is 0. The summed E-state index contributed by atoms with van der Waals surface area (Å²) in [6, 6.07) is 22.7. The molecule has 0 saturated heterocycles. The van der Waals surface area contributed by atoms with Gasteiger partial charge in [0.05, 0.1) is 45.5 Å². The minimum absolute atomic E-state index is 0.563. The van der Waals surface area contributed by atoms with Gasteiger partial charge in [-0.25, -0.2) is 0 Å². The molecule has 0 aliphatic rings. The number of nitrogens with zero attached hydrogens (tertiary/aromatic N) is 2. The number of nitrogens with two attached hydrogens (primary N) is 6. The van der Waals surface area contributed by atoms with Crippen molar-refractivity contribution in [1.29, 1.82) is 10.8 Å². The number of rotatable bonds is 4. The predicted molar refractivity (Wildman–Crippen MR) is 205 cm³/mol. The lowest BCUT2D eigenvalue weighted by Crippen LogP contribution is -1.96. The average molecular weight is 623 g/mol. The Morgan fingerprint density at radius 3 is 0.848 bits per heavy atom. The van der Waals surface area contributed by atoms with Crippen molar-refractivity contribution in [2.24, 2.45) is 9.98 Å². The lowest BCUT2D eigenvalue weighted by atomic mass is 10.0. The zero-order valence-electron chi connectivity index (χ0n) is 28.3. The Kier molecular flexibility index (Phi) is 15.2. The molecule has 4 aromatic carbocycles. The lowest BCUT2D eigenvalue weighted by Gasteiger charge is -2.08. The van der Waals surface area contributed by atoms with E-state index in [2.05, 4.69) is 9.98 Å². The first-order valence-corrected chi connectivity index (χ1v) is 14.6. The van der Waals surface area contributed by atoms with Gasteiger partial charge in [-0.15, -0.1) is 0 Å². The van der Waals surface area contributed by atoms with Gasteiger partial charge >= 0.3 is 0 Å². The third-order valence-electron chi connectivity index (χ3n) is 5.58. The standard InChI is InChI=1S/C18H22N4.C12H14N4.2C3H7N/c1-11(2)21-17-7-5-13(9-15(17)19)14-6-8-18(16(20)10-14)22-12(3)4;13-9-3-1-7(5-11(9)15)8-2-4-10(14)12(16)6-8;2*1-3(2)4/h5-10H,19-20H2,1-4H3;1-6H,13-16H2;2*4H,1-2H3. The molecule has 0 spiro atoms. The summed E-state index contributed by atoms with van der Waals surface area (Å²) in [7, 11) is 0. The van der Waals surface area contributed by atoms with Crippen LogP contribution in [0.1, 0.15) is 55.4 Å². The molecule has 0 aliphatic carbocycles. The maximum atomic E-state index is 6.50. The Morgan fingerprint density at radius 1 is 0.391 bits per heavy atom. The fourth-order valence-corrected chi connectivity index (χ4v) is 3.66. The molecule has 0 aromatic heterocycles. The largest absolute Gasteiger partial charge is 0.397 e. The third kappa shape index (κ3) is 13.8. The number of nitrogens with one attached hydrogen (secondary N) is 2. The lowest BCUT2D eigenvalue weighted by molar-refractivity contribution is 1.45. The van der Waals surface area contributed by atoms with Crippen molar-refractivity contribution in [1.82, 2.24) is 0 Å². The fraction of sp³-hybridized carbons (Fsp3) is 0.222. The zero-order valence-corrected chi connectivity index (χ0v) is 28.3. The van der Waals surface area contributed by atoms with E-state index in [1.807, 2.05) is 88.4 Å². The maximum absolute atomic E-state index is 6.50. The third-order valence-corrected chi connectivity index (χ3v) is 5.58. The second-order valence-corrected chi connectivity index (χ2v) is 11.4. The molecule has 0 unspecified atom stereocenters. The van der Waals surface area contributed by atoms with Gasteiger partial charge < -0.3 is 45.2 Å². The number of hydrogen-bond donors (Lipinski definition) is 8. The Labute approximate surface area is 273 Å². The molecule has 0 bridgehead atoms. The number of anilines is 6. The van der Waals surface area contributed by atoms with Crippen molar-refractivity contribution in [3.05, 3.63) is 72.8 Å². The van der Waals surface area contributed by atoms with Crippen LogP contribution in [-0.2, 0) is 0 Å². The molecule has 14 N–H and O–H groups in total. The first-order valence-electron chi connectivity index (χ1n) is 14.6. The van der Waals surface area contributed by atoms with Gasteiger partial charge in [-0.2, -0.15) is 0 Å². The molecule has 4 aromatic rings. The Hall–Kier alpha value is -5.64. The summed E-state index contributed by atoms with van der Waals surface area (Å²) in [6.07, 6.45) is 0. The number of nitrogen functional groups attached to an aromatic ring is 6. The van der Waals surface area contributed by atoms with Crippen molar-refractivity contribution in [3.8, 4) is 22.3 Å². The predicted octanol–water partition coefficient (Wildman–Crippen LogP) is 8.52. The summed E-state index contributed by atoms with van der Waals surface area (Å²) in [5.41, 5.74) is 47.4. The molecule has 244 valence electrons. The van der Waals surface area contributed by atoms with Crippen LogP contribution in [0.4, 0.5) is 45.5 Å². The molecule has 0 radical (unpaired) electrons. The summed E-state index contributed by atoms with van der Waals surface area (Å²) in [5, 5.41) is 13.0. The van der Waals surface area contributed by atoms with Crippen LogP contribution in [0.2, 0.25) is 0 Å². The van der Waals surface area contributed by atoms with Crippen molar-refractivity contribution in [3.63, 3.8) is 0 Å². The van der Waals surface area contributed by atoms with Gasteiger partial charge in [-0.1, -0.05) is 24.3 Å². The summed E-state index contributed by atoms with van der Waals surface area (Å²) in [6.45, 7) is 14.8. The summed E-state index contributed by atoms with van der Waals surface area (Å²) in [4.78, 5) is 8.81. The monoisotopic (exact) mass is 622 g/mol. The van der Waals surface area contributed by atoms with Crippen molar-refractivity contribution < 1.29 is 0 Å². The SMILES string of the molecule is CC(C)=N.CC(C)=N.CC(C)=Nc1ccc(-c2ccc(N=C(C)C)c(N)c2)cc1N.Nc1ccc(-c2ccc(N)c(N)c2)cc1N. The second-order valence-electron chi connectivity index (χ2n) is 11.4. The highest BCUT2D eigenvalue weighted by molar-refractivity contribution is 5.87. The van der Waals surface area contributed by atoms with Crippen LogP contribution in [0.15, 0.2) is 82.8 Å². The fourth-order valence-electron chi connectivity index (χ4n) is 3.66. The molecule has 0 atom stereocenters. The van der Waals surface area contributed by atoms with E-state index < -0.39 is 0 Å². The van der Waals surface area contributed by atoms with Crippen LogP contribution in [-0.4, -0.2) is 22.8 Å². The number of aliphatic imine (C=N–C) groups is 2. The van der Waals surface area contributed by atoms with Crippen molar-refractivity contribution in [2.45, 2.75) is 55.4 Å². The van der Waals surface area contributed by atoms with E-state index >= 15 is 0 Å². The highest BCUT2D eigenvalue weighted by Crippen LogP contribution is 2.33. The molecule has 0 fully saturated rings. The van der Waals surface area contributed by atoms with Gasteiger partial charge in [0, 0.05) is 22.8 Å². The van der Waals surface area contributed by atoms with Gasteiger partial charge in [0.15, 0.2) is 0 Å². The maximum Gasteiger partial charge on any atom is 0.0858 e. The van der Waals surface area contributed by atoms with Gasteiger partial charge in [-0.3, -0.25) is 9.98 Å². The highest BCUT2D eigenvalue weighted by Gasteiger charge is 2.06. The summed E-state index contributed by atoms with van der Waals surface area (Å²) in [5.74, 6) is 0. The van der Waals surface area contributed by atoms with E-state index in [-0.39, 0.29) is 0 Å². The van der Waals surface area contributed by atoms with Crippen LogP contribution in [0.3, 0.4) is 0 Å². The first kappa shape index (κ1) is 38.4. The van der Waals surface area contributed by atoms with E-state index in [4.69, 9.17) is 45.2 Å². The Bertz CT molecular complexity index is 1580. The van der Waals surface area contributed by atoms with E-state index in [9.17, 15) is 0 Å². The first-order chi connectivity index (χ1) is 21.4. The van der Waals surface area contributed by atoms with E-state index in [1.165, 1.54) is 0 Å². The molecule has 46 heavy (non-hydrogen) atoms. The molecule has 10 heteroatoms.